The smallest absolute Gasteiger partial charge is 0.270 e. The third-order valence-corrected chi connectivity index (χ3v) is 8.19. The lowest BCUT2D eigenvalue weighted by molar-refractivity contribution is -0.118. The molecule has 1 N–H and O–H groups in total. The van der Waals surface area contributed by atoms with Crippen LogP contribution in [0.4, 0.5) is 11.4 Å². The van der Waals surface area contributed by atoms with Crippen LogP contribution in [0.25, 0.3) is 6.08 Å². The first kappa shape index (κ1) is 28.2. The molecule has 196 valence electrons. The molecule has 0 atom stereocenters. The topological polar surface area (TPSA) is 67.9 Å². The van der Waals surface area contributed by atoms with Crippen LogP contribution >= 0.6 is 51.5 Å². The van der Waals surface area contributed by atoms with E-state index in [0.717, 1.165) is 21.3 Å². The number of para-hydroxylation sites is 1. The van der Waals surface area contributed by atoms with Gasteiger partial charge in [0.2, 0.25) is 0 Å². The van der Waals surface area contributed by atoms with Crippen molar-refractivity contribution in [3.8, 4) is 11.5 Å². The number of nitrogens with one attached hydrogen (secondary N) is 1. The van der Waals surface area contributed by atoms with Crippen molar-refractivity contribution in [2.24, 2.45) is 0 Å². The first-order chi connectivity index (χ1) is 18.2. The molecule has 1 aliphatic heterocycles. The number of thiocarbonyl (C=S) groups is 1. The summed E-state index contributed by atoms with van der Waals surface area (Å²) in [6.07, 6.45) is 1.74. The van der Waals surface area contributed by atoms with Crippen molar-refractivity contribution >= 4 is 85.1 Å². The molecular weight excluding hydrogens is 608 g/mol. The van der Waals surface area contributed by atoms with Crippen LogP contribution in [-0.4, -0.2) is 29.9 Å². The highest BCUT2D eigenvalue weighted by Gasteiger charge is 2.33. The number of ether oxygens (including phenoxy) is 2. The first-order valence-electron chi connectivity index (χ1n) is 11.6. The second kappa shape index (κ2) is 12.3. The Morgan fingerprint density at radius 3 is 2.63 bits per heavy atom. The van der Waals surface area contributed by atoms with Gasteiger partial charge in [0.1, 0.15) is 0 Å². The van der Waals surface area contributed by atoms with Gasteiger partial charge in [-0.25, -0.2) is 0 Å². The Labute approximate surface area is 244 Å². The maximum atomic E-state index is 13.1. The van der Waals surface area contributed by atoms with Gasteiger partial charge < -0.3 is 14.8 Å². The average molecular weight is 632 g/mol. The maximum absolute atomic E-state index is 13.1. The van der Waals surface area contributed by atoms with Gasteiger partial charge >= 0.3 is 0 Å². The molecule has 1 saturated heterocycles. The second-order valence-corrected chi connectivity index (χ2v) is 11.5. The molecule has 4 rings (SSSR count). The summed E-state index contributed by atoms with van der Waals surface area (Å²) in [5.41, 5.74) is 3.14. The molecule has 3 aromatic rings. The van der Waals surface area contributed by atoms with Gasteiger partial charge in [-0.3, -0.25) is 14.5 Å². The minimum atomic E-state index is -0.277. The molecule has 1 heterocycles. The number of nitrogens with zero attached hydrogens (tertiary/aromatic N) is 1. The number of rotatable bonds is 8. The lowest BCUT2D eigenvalue weighted by Crippen LogP contribution is -2.27. The van der Waals surface area contributed by atoms with Crippen LogP contribution in [-0.2, 0) is 9.59 Å². The Morgan fingerprint density at radius 2 is 1.92 bits per heavy atom. The van der Waals surface area contributed by atoms with E-state index >= 15 is 0 Å². The normalized spacial score (nSPS) is 14.4. The zero-order valence-electron chi connectivity index (χ0n) is 20.8. The van der Waals surface area contributed by atoms with Crippen molar-refractivity contribution in [1.29, 1.82) is 0 Å². The molecule has 0 aromatic heterocycles. The van der Waals surface area contributed by atoms with E-state index in [1.54, 1.807) is 42.5 Å². The van der Waals surface area contributed by atoms with Gasteiger partial charge in [-0.15, -0.1) is 0 Å². The largest absolute Gasteiger partial charge is 0.493 e. The summed E-state index contributed by atoms with van der Waals surface area (Å²) in [6, 6.07) is 18.2. The number of carbonyl (C=O) groups excluding carboxylic acids is 2. The van der Waals surface area contributed by atoms with Crippen molar-refractivity contribution < 1.29 is 19.1 Å². The minimum Gasteiger partial charge on any atom is -0.493 e. The summed E-state index contributed by atoms with van der Waals surface area (Å²) in [5.74, 6) is 0.600. The number of anilines is 2. The van der Waals surface area contributed by atoms with E-state index < -0.39 is 0 Å². The summed E-state index contributed by atoms with van der Waals surface area (Å²) in [4.78, 5) is 27.6. The molecule has 0 aliphatic carbocycles. The van der Waals surface area contributed by atoms with Crippen LogP contribution in [0.5, 0.6) is 11.5 Å². The van der Waals surface area contributed by atoms with E-state index in [1.807, 2.05) is 24.3 Å². The second-order valence-electron chi connectivity index (χ2n) is 8.60. The van der Waals surface area contributed by atoms with Crippen molar-refractivity contribution in [1.82, 2.24) is 0 Å². The van der Waals surface area contributed by atoms with Crippen molar-refractivity contribution in [2.75, 3.05) is 23.9 Å². The lowest BCUT2D eigenvalue weighted by Gasteiger charge is -2.15. The molecule has 38 heavy (non-hydrogen) atoms. The molecule has 6 nitrogen and oxygen atoms in total. The molecule has 0 saturated carbocycles. The van der Waals surface area contributed by atoms with Crippen LogP contribution in [0, 0.1) is 0 Å². The number of halogens is 2. The standard InChI is InChI=1S/C28H24BrClN2O4S2/c1-16(2)19-6-4-5-7-22(19)31-26(33)15-36-23-11-8-17(12-24(23)35-3)13-25-27(34)32(28(37)38-25)18-9-10-20(29)21(30)14-18/h4-14,16H,15H2,1-3H3,(H,31,33)/b25-13-. The van der Waals surface area contributed by atoms with Crippen molar-refractivity contribution in [3.05, 3.63) is 86.2 Å². The van der Waals surface area contributed by atoms with Gasteiger partial charge in [0.25, 0.3) is 11.8 Å². The van der Waals surface area contributed by atoms with Gasteiger partial charge in [0.05, 0.1) is 22.7 Å². The molecular formula is C28H24BrClN2O4S2. The summed E-state index contributed by atoms with van der Waals surface area (Å²) < 4.78 is 12.4. The monoisotopic (exact) mass is 630 g/mol. The summed E-state index contributed by atoms with van der Waals surface area (Å²) in [5, 5.41) is 3.39. The predicted molar refractivity (Wildman–Crippen MR) is 162 cm³/mol. The highest BCUT2D eigenvalue weighted by molar-refractivity contribution is 9.10. The summed E-state index contributed by atoms with van der Waals surface area (Å²) in [7, 11) is 1.52. The third-order valence-electron chi connectivity index (χ3n) is 5.66. The van der Waals surface area contributed by atoms with Gasteiger partial charge in [-0.05, 0) is 75.4 Å². The van der Waals surface area contributed by atoms with E-state index in [2.05, 4.69) is 35.1 Å². The number of carbonyl (C=O) groups is 2. The van der Waals surface area contributed by atoms with E-state index in [9.17, 15) is 9.59 Å². The molecule has 2 amide bonds. The van der Waals surface area contributed by atoms with Crippen LogP contribution < -0.4 is 19.7 Å². The first-order valence-corrected chi connectivity index (χ1v) is 14.0. The SMILES string of the molecule is COc1cc(/C=C2\SC(=S)N(c3ccc(Br)c(Cl)c3)C2=O)ccc1OCC(=O)Nc1ccccc1C(C)C. The Hall–Kier alpha value is -2.85. The molecule has 3 aromatic carbocycles. The van der Waals surface area contributed by atoms with E-state index in [1.165, 1.54) is 23.8 Å². The number of methoxy groups -OCH3 is 1. The van der Waals surface area contributed by atoms with Crippen molar-refractivity contribution in [3.63, 3.8) is 0 Å². The Balaban J connectivity index is 1.46. The molecule has 10 heteroatoms. The van der Waals surface area contributed by atoms with Gasteiger partial charge in [0.15, 0.2) is 22.4 Å². The maximum Gasteiger partial charge on any atom is 0.270 e. The zero-order chi connectivity index (χ0) is 27.4. The van der Waals surface area contributed by atoms with Crippen LogP contribution in [0.1, 0.15) is 30.9 Å². The summed E-state index contributed by atoms with van der Waals surface area (Å²) in [6.45, 7) is 3.96. The number of hydrogen-bond donors (Lipinski definition) is 1. The zero-order valence-corrected chi connectivity index (χ0v) is 24.8. The van der Waals surface area contributed by atoms with Gasteiger partial charge in [-0.2, -0.15) is 0 Å². The average Bonchev–Trinajstić information content (AvgIpc) is 3.17. The number of hydrogen-bond acceptors (Lipinski definition) is 6. The van der Waals surface area contributed by atoms with E-state index in [4.69, 9.17) is 33.3 Å². The van der Waals surface area contributed by atoms with E-state index in [-0.39, 0.29) is 24.3 Å². The Bertz CT molecular complexity index is 1440. The molecule has 0 unspecified atom stereocenters. The quantitative estimate of drug-likeness (QED) is 0.203. The fraction of sp³-hybridized carbons (Fsp3) is 0.179. The number of thioether (sulfide) groups is 1. The number of amides is 2. The number of benzene rings is 3. The third kappa shape index (κ3) is 6.40. The molecule has 0 spiro atoms. The van der Waals surface area contributed by atoms with Crippen LogP contribution in [0.15, 0.2) is 70.0 Å². The molecule has 1 aliphatic rings. The summed E-state index contributed by atoms with van der Waals surface area (Å²) >= 11 is 16.2. The van der Waals surface area contributed by atoms with Crippen LogP contribution in [0.3, 0.4) is 0 Å². The Morgan fingerprint density at radius 1 is 1.16 bits per heavy atom. The highest BCUT2D eigenvalue weighted by Crippen LogP contribution is 2.39. The van der Waals surface area contributed by atoms with Gasteiger partial charge in [-0.1, -0.05) is 73.7 Å². The Kier molecular flexibility index (Phi) is 9.15. The highest BCUT2D eigenvalue weighted by atomic mass is 79.9. The van der Waals surface area contributed by atoms with Crippen molar-refractivity contribution in [2.45, 2.75) is 19.8 Å². The predicted octanol–water partition coefficient (Wildman–Crippen LogP) is 7.66. The minimum absolute atomic E-state index is 0.184. The molecule has 1 fully saturated rings. The lowest BCUT2D eigenvalue weighted by atomic mass is 10.0. The van der Waals surface area contributed by atoms with Gasteiger partial charge in [0, 0.05) is 10.2 Å². The van der Waals surface area contributed by atoms with Crippen LogP contribution in [0.2, 0.25) is 5.02 Å². The van der Waals surface area contributed by atoms with E-state index in [0.29, 0.717) is 31.4 Å². The molecule has 0 radical (unpaired) electrons. The fourth-order valence-electron chi connectivity index (χ4n) is 3.80. The fourth-order valence-corrected chi connectivity index (χ4v) is 5.52. The molecule has 0 bridgehead atoms.